The van der Waals surface area contributed by atoms with Gasteiger partial charge in [-0.1, -0.05) is 23.7 Å². The number of aromatic nitrogens is 1. The van der Waals surface area contributed by atoms with Crippen LogP contribution in [0.3, 0.4) is 0 Å². The Labute approximate surface area is 137 Å². The fraction of sp³-hybridized carbons (Fsp3) is 0.188. The van der Waals surface area contributed by atoms with E-state index in [2.05, 4.69) is 10.3 Å². The molecule has 1 aromatic carbocycles. The average molecular weight is 335 g/mol. The Kier molecular flexibility index (Phi) is 4.47. The number of hydrogen-bond acceptors (Lipinski definition) is 5. The first-order chi connectivity index (χ1) is 10.7. The van der Waals surface area contributed by atoms with Crippen LogP contribution in [0.25, 0.3) is 10.8 Å². The van der Waals surface area contributed by atoms with Crippen molar-refractivity contribution in [3.05, 3.63) is 57.8 Å². The molecule has 2 heterocycles. The van der Waals surface area contributed by atoms with Crippen molar-refractivity contribution in [2.45, 2.75) is 20.1 Å². The summed E-state index contributed by atoms with van der Waals surface area (Å²) >= 11 is 7.75. The lowest BCUT2D eigenvalue weighted by atomic mass is 10.2. The number of nitrogens with one attached hydrogen (secondary N) is 1. The van der Waals surface area contributed by atoms with Crippen molar-refractivity contribution in [1.29, 1.82) is 0 Å². The Morgan fingerprint density at radius 3 is 2.95 bits per heavy atom. The molecular formula is C16H15ClN2O2S. The van der Waals surface area contributed by atoms with Crippen LogP contribution >= 0.6 is 22.9 Å². The fourth-order valence-electron chi connectivity index (χ4n) is 2.08. The first-order valence-corrected chi connectivity index (χ1v) is 8.06. The molecule has 0 bridgehead atoms. The lowest BCUT2D eigenvalue weighted by molar-refractivity contribution is 0.282. The van der Waals surface area contributed by atoms with Crippen LogP contribution in [0.15, 0.2) is 40.1 Å². The molecular weight excluding hydrogens is 320 g/mol. The lowest BCUT2D eigenvalue weighted by Gasteiger charge is -2.08. The van der Waals surface area contributed by atoms with Crippen molar-refractivity contribution in [2.75, 3.05) is 5.32 Å². The predicted molar refractivity (Wildman–Crippen MR) is 89.3 cm³/mol. The summed E-state index contributed by atoms with van der Waals surface area (Å²) in [6.07, 6.45) is 0. The lowest BCUT2D eigenvalue weighted by Crippen LogP contribution is -2.02. The number of thiophene rings is 1. The molecule has 0 unspecified atom stereocenters. The third kappa shape index (κ3) is 3.16. The number of benzene rings is 1. The Morgan fingerprint density at radius 1 is 1.36 bits per heavy atom. The van der Waals surface area contributed by atoms with Gasteiger partial charge >= 0.3 is 0 Å². The number of anilines is 1. The second kappa shape index (κ2) is 6.52. The highest BCUT2D eigenvalue weighted by molar-refractivity contribution is 7.13. The monoisotopic (exact) mass is 334 g/mol. The highest BCUT2D eigenvalue weighted by Crippen LogP contribution is 2.27. The summed E-state index contributed by atoms with van der Waals surface area (Å²) in [7, 11) is 0. The van der Waals surface area contributed by atoms with Gasteiger partial charge in [0.2, 0.25) is 5.89 Å². The van der Waals surface area contributed by atoms with E-state index in [-0.39, 0.29) is 6.61 Å². The molecule has 114 valence electrons. The van der Waals surface area contributed by atoms with E-state index < -0.39 is 0 Å². The molecule has 0 saturated carbocycles. The van der Waals surface area contributed by atoms with Crippen molar-refractivity contribution < 1.29 is 9.52 Å². The van der Waals surface area contributed by atoms with Crippen LogP contribution in [-0.2, 0) is 13.2 Å². The number of nitrogens with zero attached hydrogens (tertiary/aromatic N) is 1. The molecule has 3 aromatic rings. The molecule has 0 aliphatic carbocycles. The predicted octanol–water partition coefficient (Wildman–Crippen LogP) is 4.47. The van der Waals surface area contributed by atoms with Crippen LogP contribution < -0.4 is 5.32 Å². The Bertz CT molecular complexity index is 769. The van der Waals surface area contributed by atoms with Crippen LogP contribution in [0.5, 0.6) is 0 Å². The quantitative estimate of drug-likeness (QED) is 0.722. The van der Waals surface area contributed by atoms with Crippen LogP contribution in [0.1, 0.15) is 17.0 Å². The maximum Gasteiger partial charge on any atom is 0.236 e. The first-order valence-electron chi connectivity index (χ1n) is 6.80. The number of halogens is 1. The Balaban J connectivity index is 1.77. The maximum atomic E-state index is 9.19. The average Bonchev–Trinajstić information content (AvgIpc) is 3.16. The molecule has 0 saturated heterocycles. The van der Waals surface area contributed by atoms with Gasteiger partial charge in [-0.25, -0.2) is 4.98 Å². The molecule has 2 N–H and O–H groups in total. The van der Waals surface area contributed by atoms with Gasteiger partial charge in [0.25, 0.3) is 0 Å². The maximum absolute atomic E-state index is 9.19. The van der Waals surface area contributed by atoms with E-state index in [9.17, 15) is 5.11 Å². The minimum Gasteiger partial charge on any atom is -0.440 e. The molecule has 0 amide bonds. The summed E-state index contributed by atoms with van der Waals surface area (Å²) in [4.78, 5) is 5.54. The van der Waals surface area contributed by atoms with Crippen LogP contribution in [0.4, 0.5) is 5.69 Å². The molecule has 0 fully saturated rings. The molecule has 0 radical (unpaired) electrons. The van der Waals surface area contributed by atoms with Gasteiger partial charge in [-0.3, -0.25) is 0 Å². The molecule has 0 aliphatic rings. The van der Waals surface area contributed by atoms with Crippen molar-refractivity contribution in [2.24, 2.45) is 0 Å². The summed E-state index contributed by atoms with van der Waals surface area (Å²) in [6, 6.07) is 9.34. The molecule has 3 rings (SSSR count). The van der Waals surface area contributed by atoms with Crippen molar-refractivity contribution >= 4 is 28.6 Å². The number of hydrogen-bond donors (Lipinski definition) is 2. The normalized spacial score (nSPS) is 10.9. The summed E-state index contributed by atoms with van der Waals surface area (Å²) in [5.74, 6) is 1.42. The van der Waals surface area contributed by atoms with E-state index in [1.54, 1.807) is 23.5 Å². The standard InChI is InChI=1S/C16H15ClN2O2S/c1-10-14(19-16(21-10)15-3-2-6-22-15)8-18-13-7-11(9-20)4-5-12(13)17/h2-7,18,20H,8-9H2,1H3. The number of aliphatic hydroxyl groups is 1. The number of aryl methyl sites for hydroxylation is 1. The Hall–Kier alpha value is -1.82. The van der Waals surface area contributed by atoms with E-state index in [0.717, 1.165) is 27.6 Å². The molecule has 0 atom stereocenters. The minimum atomic E-state index is -0.0165. The van der Waals surface area contributed by atoms with Crippen molar-refractivity contribution in [1.82, 2.24) is 4.98 Å². The molecule has 4 nitrogen and oxygen atoms in total. The zero-order valence-electron chi connectivity index (χ0n) is 12.0. The van der Waals surface area contributed by atoms with Crippen LogP contribution in [0.2, 0.25) is 5.02 Å². The highest BCUT2D eigenvalue weighted by atomic mass is 35.5. The summed E-state index contributed by atoms with van der Waals surface area (Å²) in [5.41, 5.74) is 2.42. The second-order valence-electron chi connectivity index (χ2n) is 4.83. The van der Waals surface area contributed by atoms with Gasteiger partial charge in [-0.15, -0.1) is 11.3 Å². The molecule has 0 aliphatic heterocycles. The summed E-state index contributed by atoms with van der Waals surface area (Å²) < 4.78 is 5.71. The highest BCUT2D eigenvalue weighted by Gasteiger charge is 2.12. The molecule has 0 spiro atoms. The van der Waals surface area contributed by atoms with E-state index in [1.165, 1.54) is 0 Å². The number of rotatable bonds is 5. The van der Waals surface area contributed by atoms with Crippen molar-refractivity contribution in [3.63, 3.8) is 0 Å². The van der Waals surface area contributed by atoms with Gasteiger partial charge in [0.05, 0.1) is 28.7 Å². The van der Waals surface area contributed by atoms with Crippen LogP contribution in [-0.4, -0.2) is 10.1 Å². The summed E-state index contributed by atoms with van der Waals surface area (Å²) in [6.45, 7) is 2.39. The van der Waals surface area contributed by atoms with Gasteiger partial charge in [-0.2, -0.15) is 0 Å². The zero-order chi connectivity index (χ0) is 15.5. The van der Waals surface area contributed by atoms with Gasteiger partial charge in [0.15, 0.2) is 0 Å². The van der Waals surface area contributed by atoms with Gasteiger partial charge in [0.1, 0.15) is 11.5 Å². The van der Waals surface area contributed by atoms with Crippen molar-refractivity contribution in [3.8, 4) is 10.8 Å². The number of aliphatic hydroxyl groups excluding tert-OH is 1. The third-order valence-corrected chi connectivity index (χ3v) is 4.47. The minimum absolute atomic E-state index is 0.0165. The van der Waals surface area contributed by atoms with E-state index in [4.69, 9.17) is 16.0 Å². The topological polar surface area (TPSA) is 58.3 Å². The van der Waals surface area contributed by atoms with Gasteiger partial charge in [0, 0.05) is 0 Å². The molecule has 2 aromatic heterocycles. The van der Waals surface area contributed by atoms with Gasteiger partial charge < -0.3 is 14.8 Å². The second-order valence-corrected chi connectivity index (χ2v) is 6.18. The Morgan fingerprint density at radius 2 is 2.23 bits per heavy atom. The fourth-order valence-corrected chi connectivity index (χ4v) is 2.92. The van der Waals surface area contributed by atoms with E-state index in [0.29, 0.717) is 17.5 Å². The SMILES string of the molecule is Cc1oc(-c2cccs2)nc1CNc1cc(CO)ccc1Cl. The van der Waals surface area contributed by atoms with Gasteiger partial charge in [-0.05, 0) is 36.1 Å². The summed E-state index contributed by atoms with van der Waals surface area (Å²) in [5, 5.41) is 15.0. The van der Waals surface area contributed by atoms with E-state index >= 15 is 0 Å². The van der Waals surface area contributed by atoms with Crippen LogP contribution in [0, 0.1) is 6.92 Å². The number of oxazole rings is 1. The smallest absolute Gasteiger partial charge is 0.236 e. The zero-order valence-corrected chi connectivity index (χ0v) is 13.5. The third-order valence-electron chi connectivity index (χ3n) is 3.28. The first kappa shape index (κ1) is 15.1. The van der Waals surface area contributed by atoms with E-state index in [1.807, 2.05) is 30.5 Å². The molecule has 22 heavy (non-hydrogen) atoms. The molecule has 6 heteroatoms. The largest absolute Gasteiger partial charge is 0.440 e.